The summed E-state index contributed by atoms with van der Waals surface area (Å²) in [7, 11) is 0. The van der Waals surface area contributed by atoms with Crippen LogP contribution in [-0.4, -0.2) is 25.8 Å². The monoisotopic (exact) mass is 247 g/mol. The predicted octanol–water partition coefficient (Wildman–Crippen LogP) is 2.94. The van der Waals surface area contributed by atoms with Crippen molar-refractivity contribution in [3.63, 3.8) is 0 Å². The van der Waals surface area contributed by atoms with Gasteiger partial charge >= 0.3 is 0 Å². The number of aryl methyl sites for hydroxylation is 1. The summed E-state index contributed by atoms with van der Waals surface area (Å²) in [4.78, 5) is 0. The topological polar surface area (TPSA) is 21.3 Å². The van der Waals surface area contributed by atoms with Gasteiger partial charge in [0.1, 0.15) is 0 Å². The lowest BCUT2D eigenvalue weighted by Gasteiger charge is -2.21. The molecule has 1 heterocycles. The standard InChI is InChI=1S/C16H25NO/c1-3-17-16(10-14-8-9-18-12-14)11-15-7-5-4-6-13(15)2/h4-7,14,16-17H,3,8-12H2,1-2H3. The van der Waals surface area contributed by atoms with E-state index in [2.05, 4.69) is 43.4 Å². The van der Waals surface area contributed by atoms with Crippen molar-refractivity contribution in [2.75, 3.05) is 19.8 Å². The van der Waals surface area contributed by atoms with Crippen LogP contribution in [0.4, 0.5) is 0 Å². The summed E-state index contributed by atoms with van der Waals surface area (Å²) in [6, 6.07) is 9.31. The summed E-state index contributed by atoms with van der Waals surface area (Å²) in [6.45, 7) is 7.35. The Morgan fingerprint density at radius 2 is 2.22 bits per heavy atom. The molecule has 100 valence electrons. The second-order valence-corrected chi connectivity index (χ2v) is 5.35. The first kappa shape index (κ1) is 13.6. The molecular formula is C16H25NO. The van der Waals surface area contributed by atoms with E-state index in [1.165, 1.54) is 24.0 Å². The van der Waals surface area contributed by atoms with Crippen LogP contribution in [0.15, 0.2) is 24.3 Å². The van der Waals surface area contributed by atoms with Crippen molar-refractivity contribution in [2.45, 2.75) is 39.2 Å². The van der Waals surface area contributed by atoms with Crippen LogP contribution in [0.3, 0.4) is 0 Å². The molecule has 0 aliphatic carbocycles. The van der Waals surface area contributed by atoms with Crippen molar-refractivity contribution in [1.82, 2.24) is 5.32 Å². The van der Waals surface area contributed by atoms with Crippen LogP contribution in [0.25, 0.3) is 0 Å². The van der Waals surface area contributed by atoms with E-state index in [9.17, 15) is 0 Å². The van der Waals surface area contributed by atoms with Crippen molar-refractivity contribution in [1.29, 1.82) is 0 Å². The van der Waals surface area contributed by atoms with E-state index < -0.39 is 0 Å². The van der Waals surface area contributed by atoms with Crippen molar-refractivity contribution < 1.29 is 4.74 Å². The second-order valence-electron chi connectivity index (χ2n) is 5.35. The Bertz CT molecular complexity index is 358. The summed E-state index contributed by atoms with van der Waals surface area (Å²) in [5.41, 5.74) is 2.88. The van der Waals surface area contributed by atoms with E-state index in [-0.39, 0.29) is 0 Å². The number of hydrogen-bond acceptors (Lipinski definition) is 2. The van der Waals surface area contributed by atoms with E-state index in [0.717, 1.165) is 32.1 Å². The van der Waals surface area contributed by atoms with Gasteiger partial charge in [0.15, 0.2) is 0 Å². The molecule has 0 amide bonds. The van der Waals surface area contributed by atoms with Crippen LogP contribution in [0.5, 0.6) is 0 Å². The lowest BCUT2D eigenvalue weighted by atomic mass is 9.93. The van der Waals surface area contributed by atoms with E-state index in [0.29, 0.717) is 6.04 Å². The Kier molecular flexibility index (Phi) is 5.21. The summed E-state index contributed by atoms with van der Waals surface area (Å²) in [6.07, 6.45) is 3.61. The maximum atomic E-state index is 5.48. The van der Waals surface area contributed by atoms with E-state index in [4.69, 9.17) is 4.74 Å². The first-order valence-corrected chi connectivity index (χ1v) is 7.15. The quantitative estimate of drug-likeness (QED) is 0.834. The minimum Gasteiger partial charge on any atom is -0.381 e. The molecule has 0 radical (unpaired) electrons. The third-order valence-electron chi connectivity index (χ3n) is 3.86. The summed E-state index contributed by atoms with van der Waals surface area (Å²) in [5.74, 6) is 0.748. The highest BCUT2D eigenvalue weighted by molar-refractivity contribution is 5.26. The molecule has 1 aromatic rings. The maximum absolute atomic E-state index is 5.48. The van der Waals surface area contributed by atoms with Gasteiger partial charge in [-0.25, -0.2) is 0 Å². The molecule has 0 saturated carbocycles. The van der Waals surface area contributed by atoms with Gasteiger partial charge < -0.3 is 10.1 Å². The molecule has 2 atom stereocenters. The Balaban J connectivity index is 1.94. The molecule has 0 aromatic heterocycles. The Labute approximate surface area is 111 Å². The molecular weight excluding hydrogens is 222 g/mol. The molecule has 1 aliphatic heterocycles. The number of ether oxygens (including phenoxy) is 1. The lowest BCUT2D eigenvalue weighted by molar-refractivity contribution is 0.181. The molecule has 1 saturated heterocycles. The largest absolute Gasteiger partial charge is 0.381 e. The molecule has 2 heteroatoms. The first-order chi connectivity index (χ1) is 8.79. The van der Waals surface area contributed by atoms with Gasteiger partial charge in [-0.2, -0.15) is 0 Å². The van der Waals surface area contributed by atoms with Crippen LogP contribution in [0.2, 0.25) is 0 Å². The minimum absolute atomic E-state index is 0.586. The minimum atomic E-state index is 0.586. The molecule has 2 unspecified atom stereocenters. The molecule has 1 fully saturated rings. The average molecular weight is 247 g/mol. The summed E-state index contributed by atoms with van der Waals surface area (Å²) in [5, 5.41) is 3.63. The van der Waals surface area contributed by atoms with Crippen LogP contribution < -0.4 is 5.32 Å². The van der Waals surface area contributed by atoms with E-state index in [1.807, 2.05) is 0 Å². The molecule has 2 rings (SSSR count). The smallest absolute Gasteiger partial charge is 0.0495 e. The SMILES string of the molecule is CCNC(Cc1ccccc1C)CC1CCOC1. The molecule has 1 aliphatic rings. The van der Waals surface area contributed by atoms with Crippen LogP contribution in [0.1, 0.15) is 30.9 Å². The van der Waals surface area contributed by atoms with Gasteiger partial charge in [-0.15, -0.1) is 0 Å². The van der Waals surface area contributed by atoms with Crippen molar-refractivity contribution in [3.05, 3.63) is 35.4 Å². The van der Waals surface area contributed by atoms with Crippen molar-refractivity contribution in [3.8, 4) is 0 Å². The van der Waals surface area contributed by atoms with Crippen molar-refractivity contribution in [2.24, 2.45) is 5.92 Å². The van der Waals surface area contributed by atoms with Crippen LogP contribution in [-0.2, 0) is 11.2 Å². The van der Waals surface area contributed by atoms with Gasteiger partial charge in [0.25, 0.3) is 0 Å². The fraction of sp³-hybridized carbons (Fsp3) is 0.625. The number of nitrogens with one attached hydrogen (secondary N) is 1. The molecule has 0 spiro atoms. The molecule has 0 bridgehead atoms. The van der Waals surface area contributed by atoms with Gasteiger partial charge in [0.2, 0.25) is 0 Å². The highest BCUT2D eigenvalue weighted by Crippen LogP contribution is 2.20. The summed E-state index contributed by atoms with van der Waals surface area (Å²) < 4.78 is 5.48. The number of benzene rings is 1. The fourth-order valence-electron chi connectivity index (χ4n) is 2.80. The Morgan fingerprint density at radius 1 is 1.39 bits per heavy atom. The maximum Gasteiger partial charge on any atom is 0.0495 e. The fourth-order valence-corrected chi connectivity index (χ4v) is 2.80. The molecule has 18 heavy (non-hydrogen) atoms. The van der Waals surface area contributed by atoms with Crippen LogP contribution in [0, 0.1) is 12.8 Å². The first-order valence-electron chi connectivity index (χ1n) is 7.15. The molecule has 1 N–H and O–H groups in total. The molecule has 1 aromatic carbocycles. The average Bonchev–Trinajstić information content (AvgIpc) is 2.85. The van der Waals surface area contributed by atoms with E-state index >= 15 is 0 Å². The zero-order valence-corrected chi connectivity index (χ0v) is 11.6. The van der Waals surface area contributed by atoms with E-state index in [1.54, 1.807) is 0 Å². The lowest BCUT2D eigenvalue weighted by Crippen LogP contribution is -2.33. The number of likely N-dealkylation sites (N-methyl/N-ethyl adjacent to an activating group) is 1. The number of rotatable bonds is 6. The zero-order valence-electron chi connectivity index (χ0n) is 11.6. The zero-order chi connectivity index (χ0) is 12.8. The second kappa shape index (κ2) is 6.91. The predicted molar refractivity (Wildman–Crippen MR) is 75.9 cm³/mol. The third-order valence-corrected chi connectivity index (χ3v) is 3.86. The van der Waals surface area contributed by atoms with Gasteiger partial charge in [-0.1, -0.05) is 31.2 Å². The van der Waals surface area contributed by atoms with Gasteiger partial charge in [0, 0.05) is 19.3 Å². The van der Waals surface area contributed by atoms with Crippen LogP contribution >= 0.6 is 0 Å². The highest BCUT2D eigenvalue weighted by atomic mass is 16.5. The highest BCUT2D eigenvalue weighted by Gasteiger charge is 2.20. The normalized spacial score (nSPS) is 21.1. The Hall–Kier alpha value is -0.860. The third kappa shape index (κ3) is 3.82. The van der Waals surface area contributed by atoms with Gasteiger partial charge in [-0.05, 0) is 49.8 Å². The number of hydrogen-bond donors (Lipinski definition) is 1. The summed E-state index contributed by atoms with van der Waals surface area (Å²) >= 11 is 0. The molecule has 2 nitrogen and oxygen atoms in total. The van der Waals surface area contributed by atoms with Crippen molar-refractivity contribution >= 4 is 0 Å². The van der Waals surface area contributed by atoms with Gasteiger partial charge in [0.05, 0.1) is 0 Å². The Morgan fingerprint density at radius 3 is 2.89 bits per heavy atom. The van der Waals surface area contributed by atoms with Gasteiger partial charge in [-0.3, -0.25) is 0 Å².